The highest BCUT2D eigenvalue weighted by Crippen LogP contribution is 2.31. The van der Waals surface area contributed by atoms with E-state index in [4.69, 9.17) is 0 Å². The normalized spacial score (nSPS) is 18.4. The molecule has 1 saturated heterocycles. The van der Waals surface area contributed by atoms with Gasteiger partial charge < -0.3 is 4.90 Å². The number of benzene rings is 1. The molecule has 0 N–H and O–H groups in total. The Bertz CT molecular complexity index is 588. The maximum atomic E-state index is 12.0. The van der Waals surface area contributed by atoms with Gasteiger partial charge in [-0.25, -0.2) is 0 Å². The van der Waals surface area contributed by atoms with Crippen molar-refractivity contribution in [3.63, 3.8) is 0 Å². The minimum Gasteiger partial charge on any atom is -0.311 e. The highest BCUT2D eigenvalue weighted by Gasteiger charge is 2.32. The van der Waals surface area contributed by atoms with Crippen molar-refractivity contribution in [3.05, 3.63) is 33.9 Å². The van der Waals surface area contributed by atoms with Crippen molar-refractivity contribution in [2.45, 2.75) is 13.3 Å². The Hall–Kier alpha value is -1.89. The molecule has 0 saturated carbocycles. The van der Waals surface area contributed by atoms with E-state index in [1.807, 2.05) is 0 Å². The monoisotopic (exact) mass is 294 g/mol. The zero-order valence-corrected chi connectivity index (χ0v) is 11.8. The molecule has 1 fully saturated rings. The number of hydrogen-bond acceptors (Lipinski definition) is 5. The molecule has 1 aliphatic heterocycles. The number of non-ortho nitro benzene ring substituents is 1. The number of rotatable bonds is 4. The molecule has 0 aromatic heterocycles. The average molecular weight is 294 g/mol. The molecule has 0 radical (unpaired) electrons. The molecule has 0 bridgehead atoms. The van der Waals surface area contributed by atoms with E-state index >= 15 is 0 Å². The molecule has 1 aromatic carbocycles. The molecule has 1 heterocycles. The minimum atomic E-state index is -0.557. The third-order valence-electron chi connectivity index (χ3n) is 3.32. The van der Waals surface area contributed by atoms with E-state index in [9.17, 15) is 19.7 Å². The van der Waals surface area contributed by atoms with Crippen molar-refractivity contribution in [3.8, 4) is 0 Å². The Kier molecular flexibility index (Phi) is 4.08. The molecule has 0 spiro atoms. The third-order valence-corrected chi connectivity index (χ3v) is 3.84. The molecule has 20 heavy (non-hydrogen) atoms. The molecule has 106 valence electrons. The standard InChI is InChI=1S/C13H14N2O4S/c1-8(16)11-5-10(15(18)19)2-3-12(11)14-6-9(7-20)4-13(14)17/h2-3,5,9,20H,4,6-7H2,1H3. The van der Waals surface area contributed by atoms with Gasteiger partial charge in [0.15, 0.2) is 5.78 Å². The van der Waals surface area contributed by atoms with Gasteiger partial charge in [0.05, 0.1) is 10.6 Å². The zero-order valence-electron chi connectivity index (χ0n) is 10.9. The van der Waals surface area contributed by atoms with E-state index in [1.165, 1.54) is 30.0 Å². The molecule has 1 atom stereocenters. The fourth-order valence-corrected chi connectivity index (χ4v) is 2.54. The van der Waals surface area contributed by atoms with Gasteiger partial charge in [-0.2, -0.15) is 12.6 Å². The number of anilines is 1. The maximum Gasteiger partial charge on any atom is 0.270 e. The summed E-state index contributed by atoms with van der Waals surface area (Å²) in [5.74, 6) is 0.344. The van der Waals surface area contributed by atoms with Crippen molar-refractivity contribution < 1.29 is 14.5 Å². The summed E-state index contributed by atoms with van der Waals surface area (Å²) in [6, 6.07) is 4.00. The van der Waals surface area contributed by atoms with Crippen molar-refractivity contribution in [2.75, 3.05) is 17.2 Å². The van der Waals surface area contributed by atoms with E-state index in [2.05, 4.69) is 12.6 Å². The van der Waals surface area contributed by atoms with Crippen LogP contribution in [0.2, 0.25) is 0 Å². The van der Waals surface area contributed by atoms with Crippen molar-refractivity contribution in [1.29, 1.82) is 0 Å². The molecule has 1 aliphatic rings. The highest BCUT2D eigenvalue weighted by molar-refractivity contribution is 7.80. The predicted octanol–water partition coefficient (Wildman–Crippen LogP) is 2.08. The molecular formula is C13H14N2O4S. The lowest BCUT2D eigenvalue weighted by Crippen LogP contribution is -2.26. The van der Waals surface area contributed by atoms with Crippen LogP contribution < -0.4 is 4.90 Å². The SMILES string of the molecule is CC(=O)c1cc([N+](=O)[O-])ccc1N1CC(CS)CC1=O. The summed E-state index contributed by atoms with van der Waals surface area (Å²) in [7, 11) is 0. The van der Waals surface area contributed by atoms with Gasteiger partial charge in [0.2, 0.25) is 5.91 Å². The number of amides is 1. The molecule has 1 amide bonds. The van der Waals surface area contributed by atoms with Crippen LogP contribution in [0.15, 0.2) is 18.2 Å². The van der Waals surface area contributed by atoms with Crippen LogP contribution >= 0.6 is 12.6 Å². The number of thiol groups is 1. The maximum absolute atomic E-state index is 12.0. The molecule has 6 nitrogen and oxygen atoms in total. The van der Waals surface area contributed by atoms with Crippen LogP contribution in [-0.2, 0) is 4.79 Å². The molecular weight excluding hydrogens is 280 g/mol. The summed E-state index contributed by atoms with van der Waals surface area (Å²) in [5, 5.41) is 10.8. The summed E-state index contributed by atoms with van der Waals surface area (Å²) in [6.45, 7) is 1.82. The quantitative estimate of drug-likeness (QED) is 0.399. The van der Waals surface area contributed by atoms with Gasteiger partial charge in [0, 0.05) is 30.7 Å². The number of nitro benzene ring substituents is 1. The van der Waals surface area contributed by atoms with Crippen LogP contribution in [0.25, 0.3) is 0 Å². The largest absolute Gasteiger partial charge is 0.311 e. The van der Waals surface area contributed by atoms with Crippen LogP contribution in [0.5, 0.6) is 0 Å². The fourth-order valence-electron chi connectivity index (χ4n) is 2.29. The van der Waals surface area contributed by atoms with Gasteiger partial charge in [-0.05, 0) is 24.7 Å². The fraction of sp³-hybridized carbons (Fsp3) is 0.385. The summed E-state index contributed by atoms with van der Waals surface area (Å²) in [5.41, 5.74) is 0.487. The van der Waals surface area contributed by atoms with Crippen molar-refractivity contribution in [1.82, 2.24) is 0 Å². The second-order valence-corrected chi connectivity index (χ2v) is 5.14. The van der Waals surface area contributed by atoms with Gasteiger partial charge in [-0.3, -0.25) is 19.7 Å². The lowest BCUT2D eigenvalue weighted by Gasteiger charge is -2.19. The van der Waals surface area contributed by atoms with E-state index in [0.29, 0.717) is 24.4 Å². The van der Waals surface area contributed by atoms with Crippen molar-refractivity contribution in [2.24, 2.45) is 5.92 Å². The number of hydrogen-bond donors (Lipinski definition) is 1. The first-order chi connectivity index (χ1) is 9.43. The lowest BCUT2D eigenvalue weighted by atomic mass is 10.1. The lowest BCUT2D eigenvalue weighted by molar-refractivity contribution is -0.384. The molecule has 1 aromatic rings. The molecule has 2 rings (SSSR count). The third kappa shape index (κ3) is 2.67. The summed E-state index contributed by atoms with van der Waals surface area (Å²) >= 11 is 4.18. The summed E-state index contributed by atoms with van der Waals surface area (Å²) < 4.78 is 0. The summed E-state index contributed by atoms with van der Waals surface area (Å²) in [4.78, 5) is 35.4. The van der Waals surface area contributed by atoms with Crippen LogP contribution in [-0.4, -0.2) is 28.9 Å². The second kappa shape index (κ2) is 5.62. The number of nitrogens with zero attached hydrogens (tertiary/aromatic N) is 2. The minimum absolute atomic E-state index is 0.0830. The topological polar surface area (TPSA) is 80.5 Å². The predicted molar refractivity (Wildman–Crippen MR) is 77.4 cm³/mol. The molecule has 1 unspecified atom stereocenters. The van der Waals surface area contributed by atoms with Crippen LogP contribution in [0.1, 0.15) is 23.7 Å². The smallest absolute Gasteiger partial charge is 0.270 e. The Morgan fingerprint density at radius 3 is 2.75 bits per heavy atom. The molecule has 0 aliphatic carbocycles. The van der Waals surface area contributed by atoms with Gasteiger partial charge in [0.25, 0.3) is 5.69 Å². The van der Waals surface area contributed by atoms with Crippen molar-refractivity contribution >= 4 is 35.7 Å². The number of nitro groups is 1. The first kappa shape index (κ1) is 14.5. The van der Waals surface area contributed by atoms with Crippen LogP contribution in [0.4, 0.5) is 11.4 Å². The Morgan fingerprint density at radius 1 is 1.55 bits per heavy atom. The van der Waals surface area contributed by atoms with Gasteiger partial charge in [-0.1, -0.05) is 0 Å². The molecule has 7 heteroatoms. The number of carbonyl (C=O) groups excluding carboxylic acids is 2. The number of carbonyl (C=O) groups is 2. The Labute approximate surface area is 121 Å². The first-order valence-corrected chi connectivity index (χ1v) is 6.78. The highest BCUT2D eigenvalue weighted by atomic mass is 32.1. The second-order valence-electron chi connectivity index (χ2n) is 4.77. The van der Waals surface area contributed by atoms with Gasteiger partial charge in [0.1, 0.15) is 0 Å². The first-order valence-electron chi connectivity index (χ1n) is 6.14. The van der Waals surface area contributed by atoms with E-state index in [-0.39, 0.29) is 28.9 Å². The average Bonchev–Trinajstić information content (AvgIpc) is 2.79. The van der Waals surface area contributed by atoms with Gasteiger partial charge in [-0.15, -0.1) is 0 Å². The van der Waals surface area contributed by atoms with Crippen LogP contribution in [0.3, 0.4) is 0 Å². The number of ketones is 1. The van der Waals surface area contributed by atoms with Crippen LogP contribution in [0, 0.1) is 16.0 Å². The number of Topliss-reactive ketones (excluding diaryl/α,β-unsaturated/α-hetero) is 1. The Balaban J connectivity index is 2.44. The van der Waals surface area contributed by atoms with E-state index in [1.54, 1.807) is 0 Å². The Morgan fingerprint density at radius 2 is 2.25 bits per heavy atom. The summed E-state index contributed by atoms with van der Waals surface area (Å²) in [6.07, 6.45) is 0.387. The van der Waals surface area contributed by atoms with E-state index in [0.717, 1.165) is 0 Å². The zero-order chi connectivity index (χ0) is 14.9. The van der Waals surface area contributed by atoms with E-state index < -0.39 is 4.92 Å². The van der Waals surface area contributed by atoms with Gasteiger partial charge >= 0.3 is 0 Å².